The molecular weight excluding hydrogens is 282 g/mol. The van der Waals surface area contributed by atoms with Crippen LogP contribution in [-0.2, 0) is 0 Å². The molecule has 0 aliphatic rings. The number of carbonyl (C=O) groups is 1. The Morgan fingerprint density at radius 1 is 1.27 bits per heavy atom. The Kier molecular flexibility index (Phi) is 4.02. The maximum Gasteiger partial charge on any atom is 0.254 e. The van der Waals surface area contributed by atoms with Gasteiger partial charge >= 0.3 is 0 Å². The minimum Gasteiger partial charge on any atom is -0.467 e. The summed E-state index contributed by atoms with van der Waals surface area (Å²) < 4.78 is 6.85. The standard InChI is InChI=1S/C16H15N3O3/c20-11-13(15-7-3-10-22-15)18-16(21)12-5-1-2-6-14(12)19-9-4-8-17-19/h1-10,13,20H,11H2,(H,18,21). The zero-order valence-corrected chi connectivity index (χ0v) is 11.7. The molecule has 0 saturated carbocycles. The van der Waals surface area contributed by atoms with Crippen molar-refractivity contribution in [1.82, 2.24) is 15.1 Å². The minimum atomic E-state index is -0.590. The summed E-state index contributed by atoms with van der Waals surface area (Å²) in [5.74, 6) is 0.203. The van der Waals surface area contributed by atoms with Crippen molar-refractivity contribution in [2.75, 3.05) is 6.61 Å². The smallest absolute Gasteiger partial charge is 0.254 e. The maximum absolute atomic E-state index is 12.5. The number of nitrogens with zero attached hydrogens (tertiary/aromatic N) is 2. The van der Waals surface area contributed by atoms with Crippen LogP contribution < -0.4 is 5.32 Å². The highest BCUT2D eigenvalue weighted by molar-refractivity contribution is 5.97. The van der Waals surface area contributed by atoms with Gasteiger partial charge in [-0.1, -0.05) is 12.1 Å². The predicted octanol–water partition coefficient (Wildman–Crippen LogP) is 1.93. The van der Waals surface area contributed by atoms with E-state index in [9.17, 15) is 9.90 Å². The third kappa shape index (κ3) is 2.77. The third-order valence-electron chi connectivity index (χ3n) is 3.27. The van der Waals surface area contributed by atoms with Crippen molar-refractivity contribution in [1.29, 1.82) is 0 Å². The molecule has 2 N–H and O–H groups in total. The first kappa shape index (κ1) is 14.1. The number of para-hydroxylation sites is 1. The topological polar surface area (TPSA) is 80.3 Å². The van der Waals surface area contributed by atoms with Gasteiger partial charge in [0, 0.05) is 12.4 Å². The highest BCUT2D eigenvalue weighted by Gasteiger charge is 2.19. The Balaban J connectivity index is 1.87. The van der Waals surface area contributed by atoms with Gasteiger partial charge in [-0.2, -0.15) is 5.10 Å². The largest absolute Gasteiger partial charge is 0.467 e. The first-order valence-corrected chi connectivity index (χ1v) is 6.84. The molecule has 0 saturated heterocycles. The number of hydrogen-bond acceptors (Lipinski definition) is 4. The van der Waals surface area contributed by atoms with E-state index in [-0.39, 0.29) is 12.5 Å². The zero-order valence-electron chi connectivity index (χ0n) is 11.7. The van der Waals surface area contributed by atoms with Crippen LogP contribution in [0.2, 0.25) is 0 Å². The fraction of sp³-hybridized carbons (Fsp3) is 0.125. The summed E-state index contributed by atoms with van der Waals surface area (Å²) in [7, 11) is 0. The van der Waals surface area contributed by atoms with Gasteiger partial charge in [-0.15, -0.1) is 0 Å². The van der Waals surface area contributed by atoms with Crippen LogP contribution in [0.5, 0.6) is 0 Å². The highest BCUT2D eigenvalue weighted by atomic mass is 16.3. The van der Waals surface area contributed by atoms with Gasteiger partial charge in [0.2, 0.25) is 0 Å². The Morgan fingerprint density at radius 3 is 2.82 bits per heavy atom. The van der Waals surface area contributed by atoms with Crippen LogP contribution in [0.4, 0.5) is 0 Å². The SMILES string of the molecule is O=C(NC(CO)c1ccco1)c1ccccc1-n1cccn1. The number of carbonyl (C=O) groups excluding carboxylic acids is 1. The average molecular weight is 297 g/mol. The molecule has 0 radical (unpaired) electrons. The van der Waals surface area contributed by atoms with E-state index in [1.165, 1.54) is 6.26 Å². The first-order chi connectivity index (χ1) is 10.8. The van der Waals surface area contributed by atoms with Gasteiger partial charge in [-0.25, -0.2) is 4.68 Å². The molecule has 1 amide bonds. The van der Waals surface area contributed by atoms with E-state index in [1.807, 2.05) is 12.1 Å². The molecule has 1 unspecified atom stereocenters. The van der Waals surface area contributed by atoms with Crippen LogP contribution in [0.15, 0.2) is 65.5 Å². The monoisotopic (exact) mass is 297 g/mol. The molecule has 1 atom stereocenters. The summed E-state index contributed by atoms with van der Waals surface area (Å²) in [6.07, 6.45) is 4.91. The van der Waals surface area contributed by atoms with Gasteiger partial charge in [0.25, 0.3) is 5.91 Å². The molecule has 0 aliphatic carbocycles. The average Bonchev–Trinajstić information content (AvgIpc) is 3.25. The Labute approximate surface area is 127 Å². The van der Waals surface area contributed by atoms with E-state index in [2.05, 4.69) is 10.4 Å². The van der Waals surface area contributed by atoms with Crippen molar-refractivity contribution in [3.05, 3.63) is 72.4 Å². The number of hydrogen-bond donors (Lipinski definition) is 2. The highest BCUT2D eigenvalue weighted by Crippen LogP contribution is 2.17. The summed E-state index contributed by atoms with van der Waals surface area (Å²) in [5.41, 5.74) is 1.14. The van der Waals surface area contributed by atoms with Gasteiger partial charge in [0.1, 0.15) is 11.8 Å². The number of aliphatic hydroxyl groups excluding tert-OH is 1. The van der Waals surface area contributed by atoms with E-state index in [4.69, 9.17) is 4.42 Å². The van der Waals surface area contributed by atoms with Crippen molar-refractivity contribution in [3.8, 4) is 5.69 Å². The van der Waals surface area contributed by atoms with Crippen molar-refractivity contribution >= 4 is 5.91 Å². The molecule has 2 heterocycles. The van der Waals surface area contributed by atoms with Crippen molar-refractivity contribution in [2.24, 2.45) is 0 Å². The van der Waals surface area contributed by atoms with E-state index in [0.717, 1.165) is 0 Å². The summed E-state index contributed by atoms with van der Waals surface area (Å²) in [6, 6.07) is 11.8. The lowest BCUT2D eigenvalue weighted by Crippen LogP contribution is -2.31. The molecule has 0 fully saturated rings. The number of benzene rings is 1. The second kappa shape index (κ2) is 6.28. The molecule has 0 aliphatic heterocycles. The predicted molar refractivity (Wildman–Crippen MR) is 79.6 cm³/mol. The van der Waals surface area contributed by atoms with Gasteiger partial charge in [-0.05, 0) is 30.3 Å². The Morgan fingerprint density at radius 2 is 2.14 bits per heavy atom. The summed E-state index contributed by atoms with van der Waals surface area (Å²) in [5, 5.41) is 16.4. The van der Waals surface area contributed by atoms with E-state index >= 15 is 0 Å². The molecule has 0 spiro atoms. The fourth-order valence-corrected chi connectivity index (χ4v) is 2.21. The van der Waals surface area contributed by atoms with E-state index < -0.39 is 6.04 Å². The number of furan rings is 1. The van der Waals surface area contributed by atoms with Crippen LogP contribution in [0.1, 0.15) is 22.2 Å². The number of aliphatic hydroxyl groups is 1. The molecule has 1 aromatic carbocycles. The molecule has 2 aromatic heterocycles. The van der Waals surface area contributed by atoms with E-state index in [0.29, 0.717) is 17.0 Å². The van der Waals surface area contributed by atoms with E-state index in [1.54, 1.807) is 47.4 Å². The van der Waals surface area contributed by atoms with Crippen LogP contribution >= 0.6 is 0 Å². The molecule has 3 rings (SSSR count). The van der Waals surface area contributed by atoms with Crippen LogP contribution in [0.3, 0.4) is 0 Å². The summed E-state index contributed by atoms with van der Waals surface area (Å²) in [4.78, 5) is 12.5. The van der Waals surface area contributed by atoms with Gasteiger partial charge < -0.3 is 14.8 Å². The first-order valence-electron chi connectivity index (χ1n) is 6.84. The fourth-order valence-electron chi connectivity index (χ4n) is 2.21. The minimum absolute atomic E-state index is 0.247. The van der Waals surface area contributed by atoms with Gasteiger partial charge in [0.15, 0.2) is 0 Å². The molecule has 22 heavy (non-hydrogen) atoms. The number of rotatable bonds is 5. The Hall–Kier alpha value is -2.86. The molecule has 112 valence electrons. The quantitative estimate of drug-likeness (QED) is 0.754. The lowest BCUT2D eigenvalue weighted by atomic mass is 10.1. The number of amides is 1. The Bertz CT molecular complexity index is 736. The second-order valence-electron chi connectivity index (χ2n) is 4.69. The summed E-state index contributed by atoms with van der Waals surface area (Å²) >= 11 is 0. The number of nitrogens with one attached hydrogen (secondary N) is 1. The lowest BCUT2D eigenvalue weighted by Gasteiger charge is -2.15. The molecule has 6 nitrogen and oxygen atoms in total. The molecule has 6 heteroatoms. The zero-order chi connectivity index (χ0) is 15.4. The third-order valence-corrected chi connectivity index (χ3v) is 3.27. The molecule has 0 bridgehead atoms. The van der Waals surface area contributed by atoms with Crippen LogP contribution in [-0.4, -0.2) is 27.4 Å². The molecule has 3 aromatic rings. The summed E-state index contributed by atoms with van der Waals surface area (Å²) in [6.45, 7) is -0.247. The van der Waals surface area contributed by atoms with Crippen molar-refractivity contribution in [2.45, 2.75) is 6.04 Å². The normalized spacial score (nSPS) is 12.0. The van der Waals surface area contributed by atoms with Crippen LogP contribution in [0.25, 0.3) is 5.69 Å². The van der Waals surface area contributed by atoms with Crippen molar-refractivity contribution in [3.63, 3.8) is 0 Å². The van der Waals surface area contributed by atoms with Gasteiger partial charge in [-0.3, -0.25) is 4.79 Å². The number of aromatic nitrogens is 2. The maximum atomic E-state index is 12.5. The molecular formula is C16H15N3O3. The van der Waals surface area contributed by atoms with Crippen molar-refractivity contribution < 1.29 is 14.3 Å². The lowest BCUT2D eigenvalue weighted by molar-refractivity contribution is 0.0907. The van der Waals surface area contributed by atoms with Crippen LogP contribution in [0, 0.1) is 0 Å². The second-order valence-corrected chi connectivity index (χ2v) is 4.69. The van der Waals surface area contributed by atoms with Gasteiger partial charge in [0.05, 0.1) is 24.1 Å².